The molecular formula is C13H11Cl2N3O2. The third-order valence-electron chi connectivity index (χ3n) is 2.76. The van der Waals surface area contributed by atoms with E-state index < -0.39 is 4.92 Å². The molecule has 0 spiro atoms. The Morgan fingerprint density at radius 1 is 1.15 bits per heavy atom. The van der Waals surface area contributed by atoms with Crippen LogP contribution in [0.25, 0.3) is 0 Å². The Labute approximate surface area is 125 Å². The molecule has 104 valence electrons. The highest BCUT2D eigenvalue weighted by Gasteiger charge is 2.11. The number of nitrogen functional groups attached to an aromatic ring is 1. The summed E-state index contributed by atoms with van der Waals surface area (Å²) in [6.45, 7) is 1.85. The number of nitro benzene ring substituents is 1. The number of hydrogen-bond donors (Lipinski definition) is 2. The summed E-state index contributed by atoms with van der Waals surface area (Å²) in [6.07, 6.45) is 0. The Balaban J connectivity index is 2.35. The monoisotopic (exact) mass is 311 g/mol. The van der Waals surface area contributed by atoms with Gasteiger partial charge in [0.15, 0.2) is 0 Å². The molecular weight excluding hydrogens is 301 g/mol. The summed E-state index contributed by atoms with van der Waals surface area (Å²) < 4.78 is 0. The van der Waals surface area contributed by atoms with E-state index in [1.807, 2.05) is 6.92 Å². The SMILES string of the molecule is Cc1cc(Cl)c(Nc2ccc([N+](=O)[O-])cc2N)cc1Cl. The Hall–Kier alpha value is -1.98. The van der Waals surface area contributed by atoms with Gasteiger partial charge in [0, 0.05) is 17.2 Å². The molecule has 0 aliphatic carbocycles. The number of nitrogens with zero attached hydrogens (tertiary/aromatic N) is 1. The van der Waals surface area contributed by atoms with Crippen LogP contribution in [0, 0.1) is 17.0 Å². The molecule has 7 heteroatoms. The first-order valence-electron chi connectivity index (χ1n) is 5.65. The lowest BCUT2D eigenvalue weighted by Crippen LogP contribution is -1.99. The molecule has 0 radical (unpaired) electrons. The largest absolute Gasteiger partial charge is 0.397 e. The molecule has 0 fully saturated rings. The van der Waals surface area contributed by atoms with Crippen molar-refractivity contribution < 1.29 is 4.92 Å². The van der Waals surface area contributed by atoms with E-state index in [-0.39, 0.29) is 11.4 Å². The summed E-state index contributed by atoms with van der Waals surface area (Å²) in [4.78, 5) is 10.1. The third-order valence-corrected chi connectivity index (χ3v) is 3.48. The number of hydrogen-bond acceptors (Lipinski definition) is 4. The van der Waals surface area contributed by atoms with Gasteiger partial charge in [0.25, 0.3) is 5.69 Å². The number of nitro groups is 1. The highest BCUT2D eigenvalue weighted by molar-refractivity contribution is 6.35. The summed E-state index contributed by atoms with van der Waals surface area (Å²) in [5, 5.41) is 14.7. The zero-order chi connectivity index (χ0) is 14.9. The van der Waals surface area contributed by atoms with Crippen molar-refractivity contribution in [2.75, 3.05) is 11.1 Å². The van der Waals surface area contributed by atoms with Crippen LogP contribution in [0.1, 0.15) is 5.56 Å². The van der Waals surface area contributed by atoms with Crippen molar-refractivity contribution in [3.63, 3.8) is 0 Å². The van der Waals surface area contributed by atoms with E-state index in [4.69, 9.17) is 28.9 Å². The second kappa shape index (κ2) is 5.56. The number of benzene rings is 2. The van der Waals surface area contributed by atoms with Crippen LogP contribution < -0.4 is 11.1 Å². The van der Waals surface area contributed by atoms with Gasteiger partial charge in [-0.2, -0.15) is 0 Å². The predicted octanol–water partition coefficient (Wildman–Crippen LogP) is 4.54. The van der Waals surface area contributed by atoms with Crippen LogP contribution >= 0.6 is 23.2 Å². The minimum absolute atomic E-state index is 0.0684. The zero-order valence-corrected chi connectivity index (χ0v) is 12.0. The quantitative estimate of drug-likeness (QED) is 0.495. The number of rotatable bonds is 3. The highest BCUT2D eigenvalue weighted by atomic mass is 35.5. The van der Waals surface area contributed by atoms with Crippen molar-refractivity contribution in [3.8, 4) is 0 Å². The van der Waals surface area contributed by atoms with Gasteiger partial charge < -0.3 is 11.1 Å². The molecule has 20 heavy (non-hydrogen) atoms. The fourth-order valence-corrected chi connectivity index (χ4v) is 2.09. The van der Waals surface area contributed by atoms with Crippen molar-refractivity contribution >= 4 is 46.0 Å². The van der Waals surface area contributed by atoms with E-state index in [2.05, 4.69) is 5.32 Å². The van der Waals surface area contributed by atoms with Crippen LogP contribution in [-0.4, -0.2) is 4.92 Å². The van der Waals surface area contributed by atoms with Gasteiger partial charge in [-0.25, -0.2) is 0 Å². The number of halogens is 2. The molecule has 0 aliphatic heterocycles. The molecule has 3 N–H and O–H groups in total. The zero-order valence-electron chi connectivity index (χ0n) is 10.5. The molecule has 0 amide bonds. The van der Waals surface area contributed by atoms with Crippen molar-refractivity contribution in [2.24, 2.45) is 0 Å². The Morgan fingerprint density at radius 3 is 2.45 bits per heavy atom. The normalized spacial score (nSPS) is 10.3. The number of nitrogens with one attached hydrogen (secondary N) is 1. The lowest BCUT2D eigenvalue weighted by atomic mass is 10.2. The predicted molar refractivity (Wildman–Crippen MR) is 82.0 cm³/mol. The Bertz CT molecular complexity index is 690. The average Bonchev–Trinajstić information content (AvgIpc) is 2.37. The molecule has 2 rings (SSSR count). The maximum absolute atomic E-state index is 10.7. The molecule has 2 aromatic rings. The van der Waals surface area contributed by atoms with E-state index in [0.717, 1.165) is 5.56 Å². The molecule has 0 saturated heterocycles. The van der Waals surface area contributed by atoms with Crippen LogP contribution in [-0.2, 0) is 0 Å². The molecule has 0 aliphatic rings. The van der Waals surface area contributed by atoms with Gasteiger partial charge >= 0.3 is 0 Å². The molecule has 0 bridgehead atoms. The van der Waals surface area contributed by atoms with Crippen molar-refractivity contribution in [3.05, 3.63) is 56.1 Å². The Kier molecular flexibility index (Phi) is 4.01. The van der Waals surface area contributed by atoms with Crippen LogP contribution in [0.15, 0.2) is 30.3 Å². The molecule has 5 nitrogen and oxygen atoms in total. The third kappa shape index (κ3) is 2.95. The van der Waals surface area contributed by atoms with Crippen molar-refractivity contribution in [1.29, 1.82) is 0 Å². The first kappa shape index (κ1) is 14.4. The average molecular weight is 312 g/mol. The van der Waals surface area contributed by atoms with E-state index in [9.17, 15) is 10.1 Å². The number of non-ortho nitro benzene ring substituents is 1. The highest BCUT2D eigenvalue weighted by Crippen LogP contribution is 2.33. The first-order valence-corrected chi connectivity index (χ1v) is 6.40. The van der Waals surface area contributed by atoms with E-state index in [1.165, 1.54) is 18.2 Å². The summed E-state index contributed by atoms with van der Waals surface area (Å²) in [5.74, 6) is 0. The van der Waals surface area contributed by atoms with Gasteiger partial charge in [0.2, 0.25) is 0 Å². The van der Waals surface area contributed by atoms with Gasteiger partial charge in [-0.1, -0.05) is 23.2 Å². The standard InChI is InChI=1S/C13H11Cl2N3O2/c1-7-4-10(15)13(6-9(7)14)17-12-3-2-8(18(19)20)5-11(12)16/h2-6,17H,16H2,1H3. The molecule has 0 atom stereocenters. The maximum Gasteiger partial charge on any atom is 0.271 e. The summed E-state index contributed by atoms with van der Waals surface area (Å²) in [6, 6.07) is 7.58. The maximum atomic E-state index is 10.7. The number of aryl methyl sites for hydroxylation is 1. The van der Waals surface area contributed by atoms with E-state index in [1.54, 1.807) is 12.1 Å². The number of anilines is 3. The van der Waals surface area contributed by atoms with Crippen molar-refractivity contribution in [2.45, 2.75) is 6.92 Å². The summed E-state index contributed by atoms with van der Waals surface area (Å²) in [5.41, 5.74) is 7.94. The van der Waals surface area contributed by atoms with Gasteiger partial charge in [-0.3, -0.25) is 10.1 Å². The van der Waals surface area contributed by atoms with Gasteiger partial charge in [0.1, 0.15) is 0 Å². The smallest absolute Gasteiger partial charge is 0.271 e. The molecule has 0 aromatic heterocycles. The second-order valence-corrected chi connectivity index (χ2v) is 5.05. The van der Waals surface area contributed by atoms with Crippen LogP contribution in [0.4, 0.5) is 22.7 Å². The number of nitrogens with two attached hydrogens (primary N) is 1. The Morgan fingerprint density at radius 2 is 1.85 bits per heavy atom. The lowest BCUT2D eigenvalue weighted by Gasteiger charge is -2.12. The van der Waals surface area contributed by atoms with E-state index in [0.29, 0.717) is 21.4 Å². The summed E-state index contributed by atoms with van der Waals surface area (Å²) >= 11 is 12.2. The molecule has 0 heterocycles. The van der Waals surface area contributed by atoms with Gasteiger partial charge in [0.05, 0.1) is 27.0 Å². The molecule has 2 aromatic carbocycles. The van der Waals surface area contributed by atoms with E-state index >= 15 is 0 Å². The minimum Gasteiger partial charge on any atom is -0.397 e. The summed E-state index contributed by atoms with van der Waals surface area (Å²) in [7, 11) is 0. The topological polar surface area (TPSA) is 81.2 Å². The first-order chi connectivity index (χ1) is 9.38. The van der Waals surface area contributed by atoms with Crippen LogP contribution in [0.5, 0.6) is 0 Å². The van der Waals surface area contributed by atoms with Gasteiger partial charge in [-0.15, -0.1) is 0 Å². The van der Waals surface area contributed by atoms with Crippen molar-refractivity contribution in [1.82, 2.24) is 0 Å². The minimum atomic E-state index is -0.504. The fraction of sp³-hybridized carbons (Fsp3) is 0.0769. The lowest BCUT2D eigenvalue weighted by molar-refractivity contribution is -0.384. The fourth-order valence-electron chi connectivity index (χ4n) is 1.66. The molecule has 0 unspecified atom stereocenters. The second-order valence-electron chi connectivity index (χ2n) is 4.23. The molecule has 0 saturated carbocycles. The van der Waals surface area contributed by atoms with Gasteiger partial charge in [-0.05, 0) is 30.7 Å². The van der Waals surface area contributed by atoms with Crippen LogP contribution in [0.2, 0.25) is 10.0 Å². The van der Waals surface area contributed by atoms with Crippen LogP contribution in [0.3, 0.4) is 0 Å².